The van der Waals surface area contributed by atoms with Crippen molar-refractivity contribution in [3.63, 3.8) is 0 Å². The molecule has 0 saturated heterocycles. The normalized spacial score (nSPS) is 15.4. The summed E-state index contributed by atoms with van der Waals surface area (Å²) < 4.78 is 0. The van der Waals surface area contributed by atoms with Crippen LogP contribution < -0.4 is 5.32 Å². The summed E-state index contributed by atoms with van der Waals surface area (Å²) in [7, 11) is 0. The van der Waals surface area contributed by atoms with Crippen molar-refractivity contribution in [3.05, 3.63) is 21.9 Å². The highest BCUT2D eigenvalue weighted by Crippen LogP contribution is 2.29. The van der Waals surface area contributed by atoms with Gasteiger partial charge in [-0.25, -0.2) is 0 Å². The Hall–Kier alpha value is -0.340. The summed E-state index contributed by atoms with van der Waals surface area (Å²) in [5, 5.41) is 3.68. The summed E-state index contributed by atoms with van der Waals surface area (Å²) in [4.78, 5) is 2.93. The molecule has 0 aliphatic carbocycles. The molecular weight excluding hydrogens is 214 g/mol. The van der Waals surface area contributed by atoms with Crippen LogP contribution in [0.15, 0.2) is 12.1 Å². The van der Waals surface area contributed by atoms with Gasteiger partial charge in [0, 0.05) is 21.7 Å². The van der Waals surface area contributed by atoms with Crippen LogP contribution in [-0.2, 0) is 0 Å². The van der Waals surface area contributed by atoms with E-state index >= 15 is 0 Å². The van der Waals surface area contributed by atoms with Crippen LogP contribution in [0, 0.1) is 12.8 Å². The van der Waals surface area contributed by atoms with E-state index in [4.69, 9.17) is 0 Å². The first-order valence-electron chi connectivity index (χ1n) is 6.36. The second-order valence-corrected chi connectivity index (χ2v) is 6.28. The van der Waals surface area contributed by atoms with Gasteiger partial charge in [0.2, 0.25) is 0 Å². The Morgan fingerprint density at radius 2 is 1.94 bits per heavy atom. The molecule has 1 N–H and O–H groups in total. The molecule has 0 fully saturated rings. The monoisotopic (exact) mass is 239 g/mol. The Morgan fingerprint density at radius 1 is 1.25 bits per heavy atom. The van der Waals surface area contributed by atoms with Crippen LogP contribution in [0.5, 0.6) is 0 Å². The first-order chi connectivity index (χ1) is 7.56. The standard InChI is InChI=1S/C14H25NS/c1-6-9-15-14(10(2)3)12(5)13-8-7-11(4)16-13/h7-8,10,12,14-15H,6,9H2,1-5H3. The van der Waals surface area contributed by atoms with Crippen LogP contribution >= 0.6 is 11.3 Å². The van der Waals surface area contributed by atoms with Crippen LogP contribution in [0.1, 0.15) is 49.8 Å². The van der Waals surface area contributed by atoms with Gasteiger partial charge in [-0.05, 0) is 37.9 Å². The molecule has 0 aromatic carbocycles. The maximum atomic E-state index is 3.68. The predicted molar refractivity (Wildman–Crippen MR) is 74.4 cm³/mol. The van der Waals surface area contributed by atoms with Crippen molar-refractivity contribution in [2.24, 2.45) is 5.92 Å². The topological polar surface area (TPSA) is 12.0 Å². The molecule has 2 heteroatoms. The summed E-state index contributed by atoms with van der Waals surface area (Å²) in [6, 6.07) is 5.11. The molecule has 0 aliphatic rings. The van der Waals surface area contributed by atoms with Crippen LogP contribution in [0.25, 0.3) is 0 Å². The van der Waals surface area contributed by atoms with E-state index < -0.39 is 0 Å². The molecule has 1 aromatic heterocycles. The lowest BCUT2D eigenvalue weighted by atomic mass is 9.90. The van der Waals surface area contributed by atoms with Crippen molar-refractivity contribution in [1.29, 1.82) is 0 Å². The molecule has 0 amide bonds. The number of rotatable bonds is 6. The van der Waals surface area contributed by atoms with Gasteiger partial charge in [0.1, 0.15) is 0 Å². The molecule has 1 heterocycles. The molecule has 92 valence electrons. The second-order valence-electron chi connectivity index (χ2n) is 4.96. The minimum absolute atomic E-state index is 0.595. The van der Waals surface area contributed by atoms with Gasteiger partial charge < -0.3 is 5.32 Å². The summed E-state index contributed by atoms with van der Waals surface area (Å²) in [5.41, 5.74) is 0. The van der Waals surface area contributed by atoms with E-state index in [0.29, 0.717) is 17.9 Å². The quantitative estimate of drug-likeness (QED) is 0.785. The highest BCUT2D eigenvalue weighted by molar-refractivity contribution is 7.12. The Kier molecular flexibility index (Phi) is 5.50. The Labute approximate surface area is 104 Å². The van der Waals surface area contributed by atoms with Gasteiger partial charge in [-0.1, -0.05) is 27.7 Å². The van der Waals surface area contributed by atoms with Crippen LogP contribution in [-0.4, -0.2) is 12.6 Å². The predicted octanol–water partition coefficient (Wildman–Crippen LogP) is 4.18. The molecule has 16 heavy (non-hydrogen) atoms. The third-order valence-corrected chi connectivity index (χ3v) is 4.30. The number of hydrogen-bond acceptors (Lipinski definition) is 2. The maximum Gasteiger partial charge on any atom is 0.0164 e. The van der Waals surface area contributed by atoms with E-state index in [1.165, 1.54) is 16.2 Å². The van der Waals surface area contributed by atoms with E-state index in [0.717, 1.165) is 6.54 Å². The van der Waals surface area contributed by atoms with Gasteiger partial charge >= 0.3 is 0 Å². The molecule has 2 unspecified atom stereocenters. The van der Waals surface area contributed by atoms with Gasteiger partial charge in [0.15, 0.2) is 0 Å². The molecule has 1 rings (SSSR count). The van der Waals surface area contributed by atoms with Crippen molar-refractivity contribution >= 4 is 11.3 Å². The molecule has 0 radical (unpaired) electrons. The van der Waals surface area contributed by atoms with E-state index in [2.05, 4.69) is 52.1 Å². The zero-order valence-electron chi connectivity index (χ0n) is 11.2. The molecule has 0 bridgehead atoms. The SMILES string of the molecule is CCCNC(C(C)C)C(C)c1ccc(C)s1. The molecule has 0 aliphatic heterocycles. The van der Waals surface area contributed by atoms with E-state index in [9.17, 15) is 0 Å². The van der Waals surface area contributed by atoms with Crippen molar-refractivity contribution in [2.45, 2.75) is 53.0 Å². The van der Waals surface area contributed by atoms with Crippen molar-refractivity contribution < 1.29 is 0 Å². The van der Waals surface area contributed by atoms with Crippen LogP contribution in [0.4, 0.5) is 0 Å². The first kappa shape index (κ1) is 13.7. The molecule has 1 nitrogen and oxygen atoms in total. The van der Waals surface area contributed by atoms with Gasteiger partial charge in [-0.15, -0.1) is 11.3 Å². The largest absolute Gasteiger partial charge is 0.313 e. The van der Waals surface area contributed by atoms with Gasteiger partial charge in [0.25, 0.3) is 0 Å². The Balaban J connectivity index is 2.70. The maximum absolute atomic E-state index is 3.68. The Bertz CT molecular complexity index is 303. The first-order valence-corrected chi connectivity index (χ1v) is 7.17. The van der Waals surface area contributed by atoms with Gasteiger partial charge in [-0.2, -0.15) is 0 Å². The number of nitrogens with one attached hydrogen (secondary N) is 1. The molecule has 2 atom stereocenters. The van der Waals surface area contributed by atoms with Crippen LogP contribution in [0.2, 0.25) is 0 Å². The zero-order valence-corrected chi connectivity index (χ0v) is 12.0. The number of hydrogen-bond donors (Lipinski definition) is 1. The molecule has 0 spiro atoms. The fourth-order valence-electron chi connectivity index (χ4n) is 2.18. The summed E-state index contributed by atoms with van der Waals surface area (Å²) in [6.07, 6.45) is 1.21. The lowest BCUT2D eigenvalue weighted by molar-refractivity contribution is 0.356. The number of aryl methyl sites for hydroxylation is 1. The molecule has 0 saturated carbocycles. The lowest BCUT2D eigenvalue weighted by Crippen LogP contribution is -2.38. The minimum Gasteiger partial charge on any atom is -0.313 e. The van der Waals surface area contributed by atoms with Crippen LogP contribution in [0.3, 0.4) is 0 Å². The van der Waals surface area contributed by atoms with Gasteiger partial charge in [-0.3, -0.25) is 0 Å². The minimum atomic E-state index is 0.595. The Morgan fingerprint density at radius 3 is 2.38 bits per heavy atom. The summed E-state index contributed by atoms with van der Waals surface area (Å²) >= 11 is 1.94. The summed E-state index contributed by atoms with van der Waals surface area (Å²) in [5.74, 6) is 1.30. The third kappa shape index (κ3) is 3.60. The number of thiophene rings is 1. The molecular formula is C14H25NS. The van der Waals surface area contributed by atoms with Crippen molar-refractivity contribution in [3.8, 4) is 0 Å². The average Bonchev–Trinajstić information content (AvgIpc) is 2.64. The highest BCUT2D eigenvalue weighted by Gasteiger charge is 2.22. The fourth-order valence-corrected chi connectivity index (χ4v) is 3.15. The fraction of sp³-hybridized carbons (Fsp3) is 0.714. The average molecular weight is 239 g/mol. The van der Waals surface area contributed by atoms with E-state index in [1.807, 2.05) is 11.3 Å². The summed E-state index contributed by atoms with van der Waals surface area (Å²) in [6.45, 7) is 12.5. The van der Waals surface area contributed by atoms with E-state index in [-0.39, 0.29) is 0 Å². The van der Waals surface area contributed by atoms with Crippen molar-refractivity contribution in [2.75, 3.05) is 6.54 Å². The second kappa shape index (κ2) is 6.41. The lowest BCUT2D eigenvalue weighted by Gasteiger charge is -2.28. The third-order valence-electron chi connectivity index (χ3n) is 3.10. The zero-order chi connectivity index (χ0) is 12.1. The van der Waals surface area contributed by atoms with Gasteiger partial charge in [0.05, 0.1) is 0 Å². The smallest absolute Gasteiger partial charge is 0.0164 e. The highest BCUT2D eigenvalue weighted by atomic mass is 32.1. The van der Waals surface area contributed by atoms with E-state index in [1.54, 1.807) is 0 Å². The molecule has 1 aromatic rings. The van der Waals surface area contributed by atoms with Crippen molar-refractivity contribution in [1.82, 2.24) is 5.32 Å².